The molecule has 0 N–H and O–H groups in total. The van der Waals surface area contributed by atoms with Crippen LogP contribution in [0.25, 0.3) is 0 Å². The van der Waals surface area contributed by atoms with Crippen LogP contribution in [0.1, 0.15) is 5.56 Å². The Morgan fingerprint density at radius 2 is 1.54 bits per heavy atom. The van der Waals surface area contributed by atoms with Gasteiger partial charge in [0.25, 0.3) is 0 Å². The standard InChI is InChI=1S/C10H16N.ClI/c1-9-7-5-6-8-10(9)11(2,3)4;1-2/h5-8H,1-4H3;/q+1;. The Kier molecular flexibility index (Phi) is 5.92. The van der Waals surface area contributed by atoms with E-state index in [0.717, 1.165) is 4.48 Å². The average molecular weight is 313 g/mol. The first-order valence-corrected chi connectivity index (χ1v) is 6.77. The smallest absolute Gasteiger partial charge is 0.135 e. The minimum absolute atomic E-state index is 0.896. The third kappa shape index (κ3) is 4.29. The molecule has 0 spiro atoms. The summed E-state index contributed by atoms with van der Waals surface area (Å²) in [5.41, 5.74) is 2.74. The van der Waals surface area contributed by atoms with E-state index in [1.807, 2.05) is 0 Å². The summed E-state index contributed by atoms with van der Waals surface area (Å²) in [4.78, 5) is 0. The van der Waals surface area contributed by atoms with E-state index in [4.69, 9.17) is 0 Å². The molecule has 0 aliphatic heterocycles. The summed E-state index contributed by atoms with van der Waals surface area (Å²) in [6.45, 7) is 2.15. The second-order valence-electron chi connectivity index (χ2n) is 3.80. The van der Waals surface area contributed by atoms with Gasteiger partial charge in [0.2, 0.25) is 0 Å². The van der Waals surface area contributed by atoms with Crippen LogP contribution in [0.2, 0.25) is 0 Å². The fraction of sp³-hybridized carbons (Fsp3) is 0.400. The van der Waals surface area contributed by atoms with Crippen LogP contribution < -0.4 is 4.48 Å². The molecule has 1 aromatic carbocycles. The molecule has 1 rings (SSSR count). The minimum atomic E-state index is 0.896. The summed E-state index contributed by atoms with van der Waals surface area (Å²) < 4.78 is 0.896. The van der Waals surface area contributed by atoms with Gasteiger partial charge in [0.05, 0.1) is 21.1 Å². The third-order valence-electron chi connectivity index (χ3n) is 1.84. The highest BCUT2D eigenvalue weighted by atomic mass is 127. The zero-order valence-corrected chi connectivity index (χ0v) is 11.4. The summed E-state index contributed by atoms with van der Waals surface area (Å²) >= 11 is 1.62. The van der Waals surface area contributed by atoms with Gasteiger partial charge in [0.15, 0.2) is 0 Å². The highest BCUT2D eigenvalue weighted by Crippen LogP contribution is 2.20. The molecule has 1 aromatic rings. The molecule has 0 saturated heterocycles. The summed E-state index contributed by atoms with van der Waals surface area (Å²) in [7, 11) is 11.2. The monoisotopic (exact) mass is 312 g/mol. The predicted molar refractivity (Wildman–Crippen MR) is 70.6 cm³/mol. The van der Waals surface area contributed by atoms with E-state index >= 15 is 0 Å². The van der Waals surface area contributed by atoms with Gasteiger partial charge in [-0.05, 0) is 21.9 Å². The average Bonchev–Trinajstić information content (AvgIpc) is 2.07. The van der Waals surface area contributed by atoms with Gasteiger partial charge < -0.3 is 0 Å². The molecule has 74 valence electrons. The first kappa shape index (κ1) is 13.2. The summed E-state index contributed by atoms with van der Waals surface area (Å²) in [6.07, 6.45) is 0. The van der Waals surface area contributed by atoms with Crippen molar-refractivity contribution in [2.45, 2.75) is 6.92 Å². The lowest BCUT2D eigenvalue weighted by Gasteiger charge is -2.24. The molecule has 0 atom stereocenters. The maximum absolute atomic E-state index is 4.61. The van der Waals surface area contributed by atoms with Crippen LogP contribution in [0.15, 0.2) is 24.3 Å². The topological polar surface area (TPSA) is 0 Å². The largest absolute Gasteiger partial charge is 0.298 e. The van der Waals surface area contributed by atoms with Crippen LogP contribution in [-0.4, -0.2) is 21.1 Å². The summed E-state index contributed by atoms with van der Waals surface area (Å²) in [6, 6.07) is 8.49. The minimum Gasteiger partial charge on any atom is -0.298 e. The van der Waals surface area contributed by atoms with Gasteiger partial charge in [-0.3, -0.25) is 4.48 Å². The normalized spacial score (nSPS) is 10.3. The molecule has 0 bridgehead atoms. The molecule has 0 aliphatic rings. The van der Waals surface area contributed by atoms with Crippen molar-refractivity contribution >= 4 is 36.1 Å². The van der Waals surface area contributed by atoms with Crippen LogP contribution in [-0.2, 0) is 0 Å². The number of aryl methyl sites for hydroxylation is 1. The number of hydrogen-bond acceptors (Lipinski definition) is 0. The van der Waals surface area contributed by atoms with E-state index in [-0.39, 0.29) is 0 Å². The number of quaternary nitrogens is 1. The molecule has 3 heteroatoms. The molecule has 0 saturated carbocycles. The van der Waals surface area contributed by atoms with Gasteiger partial charge in [-0.2, -0.15) is 0 Å². The molecule has 0 heterocycles. The van der Waals surface area contributed by atoms with Crippen molar-refractivity contribution in [2.24, 2.45) is 0 Å². The lowest BCUT2D eigenvalue weighted by atomic mass is 10.2. The lowest BCUT2D eigenvalue weighted by Crippen LogP contribution is -2.35. The van der Waals surface area contributed by atoms with Gasteiger partial charge in [0.1, 0.15) is 5.69 Å². The van der Waals surface area contributed by atoms with E-state index in [9.17, 15) is 0 Å². The number of benzene rings is 1. The molecule has 0 radical (unpaired) electrons. The van der Waals surface area contributed by atoms with Gasteiger partial charge in [-0.15, -0.1) is 0 Å². The number of para-hydroxylation sites is 1. The lowest BCUT2D eigenvalue weighted by molar-refractivity contribution is 0.484. The van der Waals surface area contributed by atoms with Crippen molar-refractivity contribution in [3.8, 4) is 0 Å². The Balaban J connectivity index is 0.000000671. The zero-order valence-electron chi connectivity index (χ0n) is 8.51. The molecule has 0 aromatic heterocycles. The summed E-state index contributed by atoms with van der Waals surface area (Å²) in [5.74, 6) is 0. The van der Waals surface area contributed by atoms with Gasteiger partial charge in [-0.25, -0.2) is 0 Å². The molecule has 0 unspecified atom stereocenters. The molecule has 0 aliphatic carbocycles. The van der Waals surface area contributed by atoms with Crippen molar-refractivity contribution in [3.05, 3.63) is 29.8 Å². The number of nitrogens with zero attached hydrogens (tertiary/aromatic N) is 1. The fourth-order valence-corrected chi connectivity index (χ4v) is 1.32. The van der Waals surface area contributed by atoms with Crippen molar-refractivity contribution in [1.29, 1.82) is 0 Å². The maximum atomic E-state index is 4.61. The van der Waals surface area contributed by atoms with E-state index in [1.165, 1.54) is 11.3 Å². The van der Waals surface area contributed by atoms with Gasteiger partial charge >= 0.3 is 0 Å². The van der Waals surface area contributed by atoms with Crippen LogP contribution in [0.3, 0.4) is 0 Å². The van der Waals surface area contributed by atoms with Crippen LogP contribution in [0, 0.1) is 6.92 Å². The van der Waals surface area contributed by atoms with Crippen molar-refractivity contribution in [3.63, 3.8) is 0 Å². The van der Waals surface area contributed by atoms with Crippen LogP contribution in [0.5, 0.6) is 0 Å². The third-order valence-corrected chi connectivity index (χ3v) is 1.84. The zero-order chi connectivity index (χ0) is 10.5. The number of rotatable bonds is 1. The molecule has 1 nitrogen and oxygen atoms in total. The Morgan fingerprint density at radius 3 is 1.85 bits per heavy atom. The van der Waals surface area contributed by atoms with E-state index in [1.54, 1.807) is 21.5 Å². The second-order valence-corrected chi connectivity index (χ2v) is 3.80. The first-order chi connectivity index (χ1) is 6.02. The van der Waals surface area contributed by atoms with Crippen molar-refractivity contribution < 1.29 is 0 Å². The molecule has 13 heavy (non-hydrogen) atoms. The van der Waals surface area contributed by atoms with E-state index < -0.39 is 0 Å². The Hall–Kier alpha value is 0.200. The van der Waals surface area contributed by atoms with E-state index in [0.29, 0.717) is 0 Å². The number of halogens is 2. The van der Waals surface area contributed by atoms with Crippen LogP contribution >= 0.6 is 30.4 Å². The SMILES string of the molecule is Cc1ccccc1[N+](C)(C)C.ClI. The first-order valence-electron chi connectivity index (χ1n) is 4.04. The van der Waals surface area contributed by atoms with Crippen molar-refractivity contribution in [1.82, 2.24) is 4.48 Å². The molecular formula is C10H16ClIN+. The quantitative estimate of drug-likeness (QED) is 0.547. The summed E-state index contributed by atoms with van der Waals surface area (Å²) in [5, 5.41) is 0. The van der Waals surface area contributed by atoms with Gasteiger partial charge in [-0.1, -0.05) is 18.2 Å². The van der Waals surface area contributed by atoms with E-state index in [2.05, 4.69) is 61.2 Å². The van der Waals surface area contributed by atoms with Gasteiger partial charge in [0, 0.05) is 27.0 Å². The Labute approximate surface area is 98.1 Å². The maximum Gasteiger partial charge on any atom is 0.135 e. The van der Waals surface area contributed by atoms with Crippen LogP contribution in [0.4, 0.5) is 5.69 Å². The Bertz CT molecular complexity index is 255. The predicted octanol–water partition coefficient (Wildman–Crippen LogP) is 3.77. The van der Waals surface area contributed by atoms with Crippen molar-refractivity contribution in [2.75, 3.05) is 21.1 Å². The Morgan fingerprint density at radius 1 is 1.08 bits per heavy atom. The fourth-order valence-electron chi connectivity index (χ4n) is 1.32. The number of hydrogen-bond donors (Lipinski definition) is 0. The molecular weight excluding hydrogens is 296 g/mol. The highest BCUT2D eigenvalue weighted by molar-refractivity contribution is 14.1. The molecule has 0 fully saturated rings. The highest BCUT2D eigenvalue weighted by Gasteiger charge is 2.13. The second kappa shape index (κ2) is 5.83. The molecule has 0 amide bonds.